The Labute approximate surface area is 91.4 Å². The van der Waals surface area contributed by atoms with Crippen LogP contribution in [0.2, 0.25) is 0 Å². The minimum atomic E-state index is -0.774. The summed E-state index contributed by atoms with van der Waals surface area (Å²) in [4.78, 5) is 0. The van der Waals surface area contributed by atoms with Gasteiger partial charge in [-0.2, -0.15) is 0 Å². The van der Waals surface area contributed by atoms with Crippen molar-refractivity contribution >= 4 is 15.9 Å². The first kappa shape index (κ1) is 11.4. The highest BCUT2D eigenvalue weighted by atomic mass is 79.9. The highest BCUT2D eigenvalue weighted by molar-refractivity contribution is 9.10. The maximum absolute atomic E-state index is 13.3. The van der Waals surface area contributed by atoms with Crippen molar-refractivity contribution in [2.75, 3.05) is 0 Å². The van der Waals surface area contributed by atoms with Crippen LogP contribution in [0.1, 0.15) is 24.5 Å². The van der Waals surface area contributed by atoms with E-state index < -0.39 is 6.10 Å². The van der Waals surface area contributed by atoms with Gasteiger partial charge in [0, 0.05) is 10.0 Å². The van der Waals surface area contributed by atoms with E-state index in [9.17, 15) is 9.50 Å². The lowest BCUT2D eigenvalue weighted by molar-refractivity contribution is 0.163. The zero-order valence-electron chi connectivity index (χ0n) is 7.71. The van der Waals surface area contributed by atoms with Gasteiger partial charge < -0.3 is 5.11 Å². The van der Waals surface area contributed by atoms with Crippen LogP contribution in [0.5, 0.6) is 0 Å². The number of benzene rings is 1. The highest BCUT2D eigenvalue weighted by Gasteiger charge is 2.14. The van der Waals surface area contributed by atoms with E-state index in [1.807, 2.05) is 0 Å². The number of aliphatic hydroxyl groups excluding tert-OH is 1. The normalized spacial score (nSPS) is 12.5. The lowest BCUT2D eigenvalue weighted by atomic mass is 10.0. The Kier molecular flexibility index (Phi) is 4.29. The Balaban J connectivity index is 2.87. The lowest BCUT2D eigenvalue weighted by Gasteiger charge is -2.12. The molecule has 0 fully saturated rings. The van der Waals surface area contributed by atoms with Crippen LogP contribution in [0, 0.1) is 5.82 Å². The Morgan fingerprint density at radius 3 is 2.86 bits per heavy atom. The third kappa shape index (κ3) is 2.66. The van der Waals surface area contributed by atoms with Gasteiger partial charge >= 0.3 is 0 Å². The molecule has 1 atom stereocenters. The molecule has 0 amide bonds. The number of rotatable bonds is 4. The quantitative estimate of drug-likeness (QED) is 0.819. The summed E-state index contributed by atoms with van der Waals surface area (Å²) in [6.07, 6.45) is 2.09. The summed E-state index contributed by atoms with van der Waals surface area (Å²) in [6, 6.07) is 4.66. The van der Waals surface area contributed by atoms with Crippen molar-refractivity contribution in [3.05, 3.63) is 46.7 Å². The van der Waals surface area contributed by atoms with Crippen LogP contribution in [-0.4, -0.2) is 5.11 Å². The smallest absolute Gasteiger partial charge is 0.130 e. The molecule has 0 saturated carbocycles. The topological polar surface area (TPSA) is 20.2 Å². The van der Waals surface area contributed by atoms with Gasteiger partial charge in [-0.05, 0) is 25.0 Å². The molecule has 1 rings (SSSR count). The molecule has 1 N–H and O–H groups in total. The maximum Gasteiger partial charge on any atom is 0.130 e. The average Bonchev–Trinajstić information content (AvgIpc) is 2.14. The summed E-state index contributed by atoms with van der Waals surface area (Å²) in [7, 11) is 0. The van der Waals surface area contributed by atoms with Gasteiger partial charge in [-0.1, -0.05) is 28.1 Å². The van der Waals surface area contributed by atoms with E-state index in [1.165, 1.54) is 6.07 Å². The molecule has 1 aromatic carbocycles. The van der Waals surface area contributed by atoms with Crippen molar-refractivity contribution in [2.24, 2.45) is 0 Å². The molecule has 1 nitrogen and oxygen atoms in total. The number of allylic oxidation sites excluding steroid dienone is 1. The van der Waals surface area contributed by atoms with E-state index in [4.69, 9.17) is 0 Å². The van der Waals surface area contributed by atoms with Gasteiger partial charge in [0.1, 0.15) is 5.82 Å². The van der Waals surface area contributed by atoms with Gasteiger partial charge in [0.25, 0.3) is 0 Å². The fraction of sp³-hybridized carbons (Fsp3) is 0.273. The van der Waals surface area contributed by atoms with Crippen molar-refractivity contribution in [2.45, 2.75) is 18.9 Å². The predicted molar refractivity (Wildman–Crippen MR) is 58.5 cm³/mol. The van der Waals surface area contributed by atoms with Crippen LogP contribution in [0.15, 0.2) is 35.3 Å². The molecule has 1 unspecified atom stereocenters. The second kappa shape index (κ2) is 5.27. The number of hydrogen-bond acceptors (Lipinski definition) is 1. The van der Waals surface area contributed by atoms with Crippen LogP contribution in [-0.2, 0) is 0 Å². The van der Waals surface area contributed by atoms with Gasteiger partial charge in [-0.25, -0.2) is 4.39 Å². The van der Waals surface area contributed by atoms with Crippen molar-refractivity contribution in [3.63, 3.8) is 0 Å². The average molecular weight is 259 g/mol. The fourth-order valence-electron chi connectivity index (χ4n) is 1.25. The third-order valence-corrected chi connectivity index (χ3v) is 2.67. The van der Waals surface area contributed by atoms with E-state index >= 15 is 0 Å². The molecule has 0 spiro atoms. The molecule has 14 heavy (non-hydrogen) atoms. The second-order valence-corrected chi connectivity index (χ2v) is 3.87. The number of halogens is 2. The van der Waals surface area contributed by atoms with Gasteiger partial charge in [0.05, 0.1) is 6.10 Å². The molecular formula is C11H12BrFO. The summed E-state index contributed by atoms with van der Waals surface area (Å²) < 4.78 is 13.9. The lowest BCUT2D eigenvalue weighted by Crippen LogP contribution is -2.01. The van der Waals surface area contributed by atoms with E-state index in [1.54, 1.807) is 18.2 Å². The molecule has 1 aromatic rings. The first-order valence-electron chi connectivity index (χ1n) is 4.39. The monoisotopic (exact) mass is 258 g/mol. The maximum atomic E-state index is 13.3. The summed E-state index contributed by atoms with van der Waals surface area (Å²) in [5, 5.41) is 9.70. The molecule has 0 heterocycles. The molecule has 0 aliphatic carbocycles. The Bertz CT molecular complexity index is 305. The SMILES string of the molecule is C=CCCC(O)c1c(F)cccc1Br. The predicted octanol–water partition coefficient (Wildman–Crippen LogP) is 3.59. The first-order chi connectivity index (χ1) is 6.66. The van der Waals surface area contributed by atoms with E-state index in [0.717, 1.165) is 0 Å². The molecule has 0 aromatic heterocycles. The molecule has 0 saturated heterocycles. The largest absolute Gasteiger partial charge is 0.388 e. The van der Waals surface area contributed by atoms with E-state index in [-0.39, 0.29) is 5.82 Å². The molecular weight excluding hydrogens is 247 g/mol. The molecule has 76 valence electrons. The first-order valence-corrected chi connectivity index (χ1v) is 5.19. The van der Waals surface area contributed by atoms with Crippen molar-refractivity contribution in [1.29, 1.82) is 0 Å². The summed E-state index contributed by atoms with van der Waals surface area (Å²) in [5.74, 6) is -0.379. The number of hydrogen-bond donors (Lipinski definition) is 1. The van der Waals surface area contributed by atoms with Gasteiger partial charge in [0.2, 0.25) is 0 Å². The molecule has 0 aliphatic rings. The third-order valence-electron chi connectivity index (χ3n) is 1.98. The zero-order valence-corrected chi connectivity index (χ0v) is 9.30. The Morgan fingerprint density at radius 2 is 2.29 bits per heavy atom. The second-order valence-electron chi connectivity index (χ2n) is 3.02. The molecule has 3 heteroatoms. The van der Waals surface area contributed by atoms with E-state index in [2.05, 4.69) is 22.5 Å². The van der Waals surface area contributed by atoms with Crippen LogP contribution < -0.4 is 0 Å². The minimum absolute atomic E-state index is 0.328. The summed E-state index contributed by atoms with van der Waals surface area (Å²) in [5.41, 5.74) is 0.328. The van der Waals surface area contributed by atoms with Crippen molar-refractivity contribution < 1.29 is 9.50 Å². The summed E-state index contributed by atoms with van der Waals surface area (Å²) in [6.45, 7) is 3.55. The van der Waals surface area contributed by atoms with Crippen LogP contribution in [0.4, 0.5) is 4.39 Å². The van der Waals surface area contributed by atoms with Gasteiger partial charge in [0.15, 0.2) is 0 Å². The molecule has 0 radical (unpaired) electrons. The Morgan fingerprint density at radius 1 is 1.57 bits per heavy atom. The highest BCUT2D eigenvalue weighted by Crippen LogP contribution is 2.28. The van der Waals surface area contributed by atoms with Crippen LogP contribution in [0.25, 0.3) is 0 Å². The van der Waals surface area contributed by atoms with Crippen LogP contribution in [0.3, 0.4) is 0 Å². The van der Waals surface area contributed by atoms with E-state index in [0.29, 0.717) is 22.9 Å². The molecule has 0 aliphatic heterocycles. The Hall–Kier alpha value is -0.670. The van der Waals surface area contributed by atoms with Gasteiger partial charge in [-0.15, -0.1) is 6.58 Å². The molecule has 0 bridgehead atoms. The zero-order chi connectivity index (χ0) is 10.6. The fourth-order valence-corrected chi connectivity index (χ4v) is 1.86. The van der Waals surface area contributed by atoms with Crippen molar-refractivity contribution in [1.82, 2.24) is 0 Å². The van der Waals surface area contributed by atoms with Crippen LogP contribution >= 0.6 is 15.9 Å². The summed E-state index contributed by atoms with van der Waals surface area (Å²) >= 11 is 3.21. The minimum Gasteiger partial charge on any atom is -0.388 e. The van der Waals surface area contributed by atoms with Gasteiger partial charge in [-0.3, -0.25) is 0 Å². The standard InChI is InChI=1S/C11H12BrFO/c1-2-3-7-10(14)11-8(12)5-4-6-9(11)13/h2,4-6,10,14H,1,3,7H2. The van der Waals surface area contributed by atoms with Crippen molar-refractivity contribution in [3.8, 4) is 0 Å². The number of aliphatic hydroxyl groups is 1.